The molecule has 0 bridgehead atoms. The summed E-state index contributed by atoms with van der Waals surface area (Å²) in [5, 5.41) is 8.72. The van der Waals surface area contributed by atoms with E-state index in [-0.39, 0.29) is 24.0 Å². The lowest BCUT2D eigenvalue weighted by Gasteiger charge is -2.13. The first-order valence-corrected chi connectivity index (χ1v) is 8.88. The summed E-state index contributed by atoms with van der Waals surface area (Å²) >= 11 is 1.74. The average molecular weight is 474 g/mol. The molecule has 0 aliphatic heterocycles. The van der Waals surface area contributed by atoms with E-state index in [1.54, 1.807) is 18.4 Å². The van der Waals surface area contributed by atoms with Gasteiger partial charge in [0, 0.05) is 25.0 Å². The first-order valence-electron chi connectivity index (χ1n) is 8.01. The summed E-state index contributed by atoms with van der Waals surface area (Å²) < 4.78 is 5.77. The maximum atomic E-state index is 5.77. The van der Waals surface area contributed by atoms with Crippen molar-refractivity contribution in [2.24, 2.45) is 4.99 Å². The molecular formula is C18H27IN4OS. The molecule has 138 valence electrons. The zero-order valence-corrected chi connectivity index (χ0v) is 18.1. The average Bonchev–Trinajstić information content (AvgIpc) is 3.08. The van der Waals surface area contributed by atoms with E-state index in [0.29, 0.717) is 13.2 Å². The maximum Gasteiger partial charge on any atom is 0.191 e. The van der Waals surface area contributed by atoms with Gasteiger partial charge in [0.05, 0.1) is 6.54 Å². The van der Waals surface area contributed by atoms with Crippen LogP contribution in [0.4, 0.5) is 0 Å². The van der Waals surface area contributed by atoms with Gasteiger partial charge in [-0.25, -0.2) is 0 Å². The Hall–Kier alpha value is -1.32. The van der Waals surface area contributed by atoms with Crippen LogP contribution in [0.3, 0.4) is 0 Å². The van der Waals surface area contributed by atoms with Crippen LogP contribution in [0.2, 0.25) is 0 Å². The third kappa shape index (κ3) is 8.55. The van der Waals surface area contributed by atoms with Gasteiger partial charge in [-0.3, -0.25) is 4.99 Å². The first kappa shape index (κ1) is 21.7. The minimum atomic E-state index is 0. The SMILES string of the molecule is CN=C(NCc1cccc(OCCN(C)C)c1)NCc1cccs1.I. The number of rotatable bonds is 8. The molecule has 0 aliphatic rings. The Kier molecular flexibility index (Phi) is 10.5. The van der Waals surface area contributed by atoms with Gasteiger partial charge in [0.15, 0.2) is 5.96 Å². The molecule has 1 heterocycles. The summed E-state index contributed by atoms with van der Waals surface area (Å²) in [7, 11) is 5.86. The van der Waals surface area contributed by atoms with Gasteiger partial charge in [-0.2, -0.15) is 0 Å². The maximum absolute atomic E-state index is 5.77. The predicted octanol–water partition coefficient (Wildman–Crippen LogP) is 3.17. The van der Waals surface area contributed by atoms with Crippen LogP contribution in [0, 0.1) is 0 Å². The van der Waals surface area contributed by atoms with Crippen molar-refractivity contribution in [2.75, 3.05) is 34.3 Å². The van der Waals surface area contributed by atoms with E-state index in [9.17, 15) is 0 Å². The van der Waals surface area contributed by atoms with Crippen molar-refractivity contribution < 1.29 is 4.74 Å². The van der Waals surface area contributed by atoms with E-state index in [1.807, 2.05) is 26.2 Å². The summed E-state index contributed by atoms with van der Waals surface area (Å²) in [6.45, 7) is 3.08. The smallest absolute Gasteiger partial charge is 0.191 e. The van der Waals surface area contributed by atoms with E-state index in [0.717, 1.165) is 30.4 Å². The van der Waals surface area contributed by atoms with Crippen LogP contribution in [0.25, 0.3) is 0 Å². The van der Waals surface area contributed by atoms with Crippen molar-refractivity contribution in [3.8, 4) is 5.75 Å². The Morgan fingerprint density at radius 1 is 1.16 bits per heavy atom. The fourth-order valence-electron chi connectivity index (χ4n) is 2.08. The highest BCUT2D eigenvalue weighted by Gasteiger charge is 2.01. The number of nitrogens with zero attached hydrogens (tertiary/aromatic N) is 2. The second-order valence-corrected chi connectivity index (χ2v) is 6.69. The molecule has 7 heteroatoms. The number of aliphatic imine (C=N–C) groups is 1. The quantitative estimate of drug-likeness (QED) is 0.351. The fourth-order valence-corrected chi connectivity index (χ4v) is 2.73. The highest BCUT2D eigenvalue weighted by atomic mass is 127. The van der Waals surface area contributed by atoms with Crippen LogP contribution in [-0.2, 0) is 13.1 Å². The molecule has 1 aromatic carbocycles. The Morgan fingerprint density at radius 3 is 2.64 bits per heavy atom. The van der Waals surface area contributed by atoms with E-state index >= 15 is 0 Å². The van der Waals surface area contributed by atoms with Gasteiger partial charge in [-0.05, 0) is 43.2 Å². The number of guanidine groups is 1. The number of halogens is 1. The van der Waals surface area contributed by atoms with E-state index in [1.165, 1.54) is 4.88 Å². The minimum absolute atomic E-state index is 0. The lowest BCUT2D eigenvalue weighted by Crippen LogP contribution is -2.36. The third-order valence-electron chi connectivity index (χ3n) is 3.40. The van der Waals surface area contributed by atoms with E-state index in [4.69, 9.17) is 4.74 Å². The molecule has 2 aromatic rings. The van der Waals surface area contributed by atoms with E-state index < -0.39 is 0 Å². The zero-order chi connectivity index (χ0) is 17.2. The third-order valence-corrected chi connectivity index (χ3v) is 4.28. The molecule has 0 saturated carbocycles. The summed E-state index contributed by atoms with van der Waals surface area (Å²) in [6.07, 6.45) is 0. The van der Waals surface area contributed by atoms with Gasteiger partial charge < -0.3 is 20.3 Å². The van der Waals surface area contributed by atoms with Gasteiger partial charge >= 0.3 is 0 Å². The Labute approximate surface area is 171 Å². The largest absolute Gasteiger partial charge is 0.492 e. The van der Waals surface area contributed by atoms with E-state index in [2.05, 4.69) is 50.2 Å². The van der Waals surface area contributed by atoms with Crippen molar-refractivity contribution in [3.63, 3.8) is 0 Å². The molecule has 25 heavy (non-hydrogen) atoms. The molecular weight excluding hydrogens is 447 g/mol. The van der Waals surface area contributed by atoms with Crippen molar-refractivity contribution in [1.29, 1.82) is 0 Å². The molecule has 0 radical (unpaired) electrons. The number of thiophene rings is 1. The highest BCUT2D eigenvalue weighted by Crippen LogP contribution is 2.13. The lowest BCUT2D eigenvalue weighted by molar-refractivity contribution is 0.261. The number of hydrogen-bond acceptors (Lipinski definition) is 4. The van der Waals surface area contributed by atoms with Crippen LogP contribution >= 0.6 is 35.3 Å². The number of nitrogens with one attached hydrogen (secondary N) is 2. The summed E-state index contributed by atoms with van der Waals surface area (Å²) in [4.78, 5) is 7.65. The first-order chi connectivity index (χ1) is 11.7. The van der Waals surface area contributed by atoms with Gasteiger partial charge in [0.1, 0.15) is 12.4 Å². The Morgan fingerprint density at radius 2 is 1.96 bits per heavy atom. The number of benzene rings is 1. The minimum Gasteiger partial charge on any atom is -0.492 e. The number of likely N-dealkylation sites (N-methyl/N-ethyl adjacent to an activating group) is 1. The highest BCUT2D eigenvalue weighted by molar-refractivity contribution is 14.0. The molecule has 1 aromatic heterocycles. The van der Waals surface area contributed by atoms with Crippen LogP contribution < -0.4 is 15.4 Å². The molecule has 5 nitrogen and oxygen atoms in total. The Balaban J connectivity index is 0.00000312. The van der Waals surface area contributed by atoms with Crippen molar-refractivity contribution >= 4 is 41.3 Å². The van der Waals surface area contributed by atoms with Crippen molar-refractivity contribution in [1.82, 2.24) is 15.5 Å². The van der Waals surface area contributed by atoms with Gasteiger partial charge in [-0.15, -0.1) is 35.3 Å². The predicted molar refractivity (Wildman–Crippen MR) is 117 cm³/mol. The topological polar surface area (TPSA) is 48.9 Å². The summed E-state index contributed by atoms with van der Waals surface area (Å²) in [5.74, 6) is 1.69. The molecule has 0 unspecified atom stereocenters. The second kappa shape index (κ2) is 12.1. The summed E-state index contributed by atoms with van der Waals surface area (Å²) in [5.41, 5.74) is 1.16. The zero-order valence-electron chi connectivity index (χ0n) is 15.0. The molecule has 0 aliphatic carbocycles. The Bertz CT molecular complexity index is 632. The normalized spacial score (nSPS) is 11.1. The van der Waals surface area contributed by atoms with Gasteiger partial charge in [-0.1, -0.05) is 18.2 Å². The molecule has 0 spiro atoms. The standard InChI is InChI=1S/C18H26N4OS.HI/c1-19-18(21-14-17-8-5-11-24-17)20-13-15-6-4-7-16(12-15)23-10-9-22(2)3;/h4-8,11-12H,9-10,13-14H2,1-3H3,(H2,19,20,21);1H. The summed E-state index contributed by atoms with van der Waals surface area (Å²) in [6, 6.07) is 12.3. The molecule has 2 rings (SSSR count). The number of hydrogen-bond donors (Lipinski definition) is 2. The monoisotopic (exact) mass is 474 g/mol. The van der Waals surface area contributed by atoms with Gasteiger partial charge in [0.25, 0.3) is 0 Å². The number of ether oxygens (including phenoxy) is 1. The van der Waals surface area contributed by atoms with Crippen LogP contribution in [0.5, 0.6) is 5.75 Å². The molecule has 0 amide bonds. The molecule has 0 saturated heterocycles. The fraction of sp³-hybridized carbons (Fsp3) is 0.389. The van der Waals surface area contributed by atoms with Crippen LogP contribution in [0.1, 0.15) is 10.4 Å². The van der Waals surface area contributed by atoms with Crippen molar-refractivity contribution in [2.45, 2.75) is 13.1 Å². The van der Waals surface area contributed by atoms with Crippen LogP contribution in [-0.4, -0.2) is 45.2 Å². The van der Waals surface area contributed by atoms with Gasteiger partial charge in [0.2, 0.25) is 0 Å². The molecule has 2 N–H and O–H groups in total. The van der Waals surface area contributed by atoms with Crippen molar-refractivity contribution in [3.05, 3.63) is 52.2 Å². The van der Waals surface area contributed by atoms with Crippen LogP contribution in [0.15, 0.2) is 46.8 Å². The lowest BCUT2D eigenvalue weighted by atomic mass is 10.2. The molecule has 0 fully saturated rings. The second-order valence-electron chi connectivity index (χ2n) is 5.66. The molecule has 0 atom stereocenters.